The summed E-state index contributed by atoms with van der Waals surface area (Å²) in [5.41, 5.74) is 0.244. The van der Waals surface area contributed by atoms with Crippen LogP contribution in [0.5, 0.6) is 0 Å². The first-order valence-electron chi connectivity index (χ1n) is 9.47. The fraction of sp³-hybridized carbons (Fsp3) is 0.600. The molecule has 0 N–H and O–H groups in total. The molecule has 1 fully saturated rings. The number of amides is 2. The molecule has 1 aromatic rings. The zero-order chi connectivity index (χ0) is 19.5. The van der Waals surface area contributed by atoms with Gasteiger partial charge in [0.05, 0.1) is 0 Å². The lowest BCUT2D eigenvalue weighted by Gasteiger charge is -2.48. The van der Waals surface area contributed by atoms with E-state index in [1.54, 1.807) is 20.8 Å². The van der Waals surface area contributed by atoms with Crippen LogP contribution in [-0.4, -0.2) is 36.9 Å². The molecule has 1 aliphatic heterocycles. The summed E-state index contributed by atoms with van der Waals surface area (Å²) in [6.07, 6.45) is -1.20. The molecule has 1 unspecified atom stereocenters. The molecule has 0 aliphatic carbocycles. The molecule has 1 saturated heterocycles. The number of hydrogen-bond donors (Lipinski definition) is 0. The molecule has 26 heavy (non-hydrogen) atoms. The molecule has 0 saturated carbocycles. The zero-order valence-electron chi connectivity index (χ0n) is 16.7. The summed E-state index contributed by atoms with van der Waals surface area (Å²) in [4.78, 5) is 26.6. The van der Waals surface area contributed by atoms with Gasteiger partial charge < -0.3 is 9.16 Å². The highest BCUT2D eigenvalue weighted by molar-refractivity contribution is 6.73. The van der Waals surface area contributed by atoms with E-state index in [9.17, 15) is 9.59 Å². The quantitative estimate of drug-likeness (QED) is 0.523. The van der Waals surface area contributed by atoms with E-state index in [1.165, 1.54) is 4.90 Å². The van der Waals surface area contributed by atoms with E-state index in [2.05, 4.69) is 20.8 Å². The molecule has 0 bridgehead atoms. The molecular weight excluding hydrogens is 346 g/mol. The van der Waals surface area contributed by atoms with Gasteiger partial charge in [0, 0.05) is 0 Å². The molecule has 1 aliphatic rings. The summed E-state index contributed by atoms with van der Waals surface area (Å²) >= 11 is 0. The van der Waals surface area contributed by atoms with Crippen LogP contribution in [0.2, 0.25) is 18.1 Å². The number of benzene rings is 1. The minimum absolute atomic E-state index is 0.291. The SMILES string of the molecule is CC[Si](CC)(CC)OC1C(=O)N(C(=O)OC(C)(C)C)[C@H]1c1ccccc1. The van der Waals surface area contributed by atoms with Crippen molar-refractivity contribution in [2.75, 3.05) is 0 Å². The number of nitrogens with zero attached hydrogens (tertiary/aromatic N) is 1. The Morgan fingerprint density at radius 3 is 2.08 bits per heavy atom. The van der Waals surface area contributed by atoms with Crippen molar-refractivity contribution in [3.8, 4) is 0 Å². The lowest BCUT2D eigenvalue weighted by atomic mass is 9.91. The van der Waals surface area contributed by atoms with E-state index in [4.69, 9.17) is 9.16 Å². The van der Waals surface area contributed by atoms with Gasteiger partial charge in [0.25, 0.3) is 5.91 Å². The topological polar surface area (TPSA) is 55.8 Å². The summed E-state index contributed by atoms with van der Waals surface area (Å²) in [6, 6.07) is 12.0. The Kier molecular flexibility index (Phi) is 6.29. The van der Waals surface area contributed by atoms with Gasteiger partial charge in [0.1, 0.15) is 11.6 Å². The van der Waals surface area contributed by atoms with Gasteiger partial charge in [0.15, 0.2) is 14.4 Å². The highest BCUT2D eigenvalue weighted by Gasteiger charge is 2.55. The predicted octanol–water partition coefficient (Wildman–Crippen LogP) is 4.90. The zero-order valence-corrected chi connectivity index (χ0v) is 17.7. The van der Waals surface area contributed by atoms with Crippen molar-refractivity contribution in [2.45, 2.75) is 77.4 Å². The van der Waals surface area contributed by atoms with Crippen LogP contribution in [0.3, 0.4) is 0 Å². The van der Waals surface area contributed by atoms with Gasteiger partial charge in [-0.3, -0.25) is 4.79 Å². The third-order valence-electron chi connectivity index (χ3n) is 5.09. The number of hydrogen-bond acceptors (Lipinski definition) is 4. The second-order valence-corrected chi connectivity index (χ2v) is 12.5. The van der Waals surface area contributed by atoms with Crippen molar-refractivity contribution in [3.63, 3.8) is 0 Å². The highest BCUT2D eigenvalue weighted by atomic mass is 28.4. The number of likely N-dealkylation sites (tertiary alicyclic amines) is 1. The van der Waals surface area contributed by atoms with Crippen LogP contribution in [0, 0.1) is 0 Å². The molecule has 144 valence electrons. The Morgan fingerprint density at radius 2 is 1.62 bits per heavy atom. The summed E-state index contributed by atoms with van der Waals surface area (Å²) in [5, 5.41) is 0. The van der Waals surface area contributed by atoms with Gasteiger partial charge >= 0.3 is 6.09 Å². The van der Waals surface area contributed by atoms with Crippen LogP contribution >= 0.6 is 0 Å². The van der Waals surface area contributed by atoms with E-state index in [-0.39, 0.29) is 5.91 Å². The van der Waals surface area contributed by atoms with Crippen LogP contribution in [0.15, 0.2) is 30.3 Å². The number of β-lactam (4-membered cyclic amide) rings is 1. The van der Waals surface area contributed by atoms with Crippen LogP contribution < -0.4 is 0 Å². The van der Waals surface area contributed by atoms with E-state index < -0.39 is 32.2 Å². The number of ether oxygens (including phenoxy) is 1. The lowest BCUT2D eigenvalue weighted by molar-refractivity contribution is -0.162. The Bertz CT molecular complexity index is 629. The predicted molar refractivity (Wildman–Crippen MR) is 104 cm³/mol. The fourth-order valence-electron chi connectivity index (χ4n) is 3.34. The monoisotopic (exact) mass is 377 g/mol. The average Bonchev–Trinajstić information content (AvgIpc) is 2.60. The van der Waals surface area contributed by atoms with E-state index >= 15 is 0 Å². The normalized spacial score (nSPS) is 20.7. The molecule has 1 aromatic carbocycles. The van der Waals surface area contributed by atoms with Crippen LogP contribution in [0.25, 0.3) is 0 Å². The van der Waals surface area contributed by atoms with Crippen LogP contribution in [0.4, 0.5) is 4.79 Å². The van der Waals surface area contributed by atoms with Gasteiger partial charge in [-0.25, -0.2) is 9.69 Å². The van der Waals surface area contributed by atoms with Gasteiger partial charge in [-0.15, -0.1) is 0 Å². The Labute approximate surface area is 157 Å². The maximum atomic E-state index is 12.8. The maximum Gasteiger partial charge on any atom is 0.417 e. The van der Waals surface area contributed by atoms with Gasteiger partial charge in [-0.05, 0) is 44.5 Å². The van der Waals surface area contributed by atoms with Crippen molar-refractivity contribution in [2.24, 2.45) is 0 Å². The second-order valence-electron chi connectivity index (χ2n) is 7.83. The Morgan fingerprint density at radius 1 is 1.08 bits per heavy atom. The van der Waals surface area contributed by atoms with Crippen molar-refractivity contribution in [1.29, 1.82) is 0 Å². The number of imide groups is 1. The lowest BCUT2D eigenvalue weighted by Crippen LogP contribution is -2.65. The largest absolute Gasteiger partial charge is 0.443 e. The summed E-state index contributed by atoms with van der Waals surface area (Å²) in [6.45, 7) is 11.8. The molecule has 0 aromatic heterocycles. The summed E-state index contributed by atoms with van der Waals surface area (Å²) in [5.74, 6) is -0.291. The maximum absolute atomic E-state index is 12.8. The Balaban J connectivity index is 2.32. The molecule has 5 nitrogen and oxygen atoms in total. The minimum Gasteiger partial charge on any atom is -0.443 e. The van der Waals surface area contributed by atoms with Crippen LogP contribution in [-0.2, 0) is 14.0 Å². The van der Waals surface area contributed by atoms with Crippen LogP contribution in [0.1, 0.15) is 53.1 Å². The van der Waals surface area contributed by atoms with Gasteiger partial charge in [0.2, 0.25) is 0 Å². The molecule has 2 atom stereocenters. The molecule has 2 rings (SSSR count). The molecule has 2 amide bonds. The van der Waals surface area contributed by atoms with Gasteiger partial charge in [-0.2, -0.15) is 0 Å². The first kappa shape index (κ1) is 20.6. The van der Waals surface area contributed by atoms with Crippen molar-refractivity contribution < 1.29 is 18.8 Å². The van der Waals surface area contributed by atoms with Crippen molar-refractivity contribution >= 4 is 20.3 Å². The molecular formula is C20H31NO4Si. The summed E-state index contributed by atoms with van der Waals surface area (Å²) in [7, 11) is -1.98. The number of carbonyl (C=O) groups excluding carboxylic acids is 2. The second kappa shape index (κ2) is 7.92. The highest BCUT2D eigenvalue weighted by Crippen LogP contribution is 2.41. The first-order valence-corrected chi connectivity index (χ1v) is 12.0. The number of carbonyl (C=O) groups is 2. The smallest absolute Gasteiger partial charge is 0.417 e. The fourth-order valence-corrected chi connectivity index (χ4v) is 6.10. The third-order valence-corrected chi connectivity index (χ3v) is 9.71. The average molecular weight is 378 g/mol. The van der Waals surface area contributed by atoms with Gasteiger partial charge in [-0.1, -0.05) is 51.1 Å². The van der Waals surface area contributed by atoms with Crippen molar-refractivity contribution in [1.82, 2.24) is 4.90 Å². The van der Waals surface area contributed by atoms with E-state index in [0.717, 1.165) is 23.7 Å². The number of rotatable bonds is 6. The molecule has 0 spiro atoms. The first-order chi connectivity index (χ1) is 12.2. The minimum atomic E-state index is -1.98. The third kappa shape index (κ3) is 4.18. The molecule has 0 radical (unpaired) electrons. The molecule has 1 heterocycles. The van der Waals surface area contributed by atoms with Crippen molar-refractivity contribution in [3.05, 3.63) is 35.9 Å². The molecule has 6 heteroatoms. The standard InChI is InChI=1S/C20H31NO4Si/c1-7-26(8-2,9-3)25-17-16(15-13-11-10-12-14-15)21(18(17)22)19(23)24-20(4,5)6/h10-14,16-17H,7-9H2,1-6H3/t16-,17?/m0/s1. The summed E-state index contributed by atoms with van der Waals surface area (Å²) < 4.78 is 11.9. The van der Waals surface area contributed by atoms with E-state index in [0.29, 0.717) is 0 Å². The van der Waals surface area contributed by atoms with E-state index in [1.807, 2.05) is 30.3 Å². The Hall–Kier alpha value is -1.66.